The van der Waals surface area contributed by atoms with Gasteiger partial charge in [0.05, 0.1) is 6.10 Å². The third-order valence-corrected chi connectivity index (χ3v) is 2.99. The maximum atomic E-state index is 5.85. The standard InChI is InChI=1S/C17H20O/c1-3-7-14(2)18-17-12-10-16(11-13-17)15-8-5-4-6-9-15/h4-6,8-14H,3,7H2,1-2H3/t14-/m0/s1. The van der Waals surface area contributed by atoms with Gasteiger partial charge >= 0.3 is 0 Å². The van der Waals surface area contributed by atoms with Crippen molar-refractivity contribution in [3.8, 4) is 16.9 Å². The molecule has 2 aromatic carbocycles. The lowest BCUT2D eigenvalue weighted by Crippen LogP contribution is -2.10. The fourth-order valence-electron chi connectivity index (χ4n) is 2.05. The normalized spacial score (nSPS) is 12.1. The molecule has 0 unspecified atom stereocenters. The smallest absolute Gasteiger partial charge is 0.119 e. The van der Waals surface area contributed by atoms with Crippen LogP contribution in [-0.4, -0.2) is 6.10 Å². The Bertz CT molecular complexity index is 459. The molecule has 2 rings (SSSR count). The predicted molar refractivity (Wildman–Crippen MR) is 76.9 cm³/mol. The summed E-state index contributed by atoms with van der Waals surface area (Å²) in [5.74, 6) is 0.954. The number of benzene rings is 2. The van der Waals surface area contributed by atoms with Crippen LogP contribution >= 0.6 is 0 Å². The van der Waals surface area contributed by atoms with Gasteiger partial charge in [0.25, 0.3) is 0 Å². The van der Waals surface area contributed by atoms with Crippen LogP contribution < -0.4 is 4.74 Å². The Morgan fingerprint density at radius 1 is 0.889 bits per heavy atom. The van der Waals surface area contributed by atoms with Crippen molar-refractivity contribution in [2.45, 2.75) is 32.8 Å². The van der Waals surface area contributed by atoms with E-state index >= 15 is 0 Å². The number of rotatable bonds is 5. The van der Waals surface area contributed by atoms with Gasteiger partial charge in [0.15, 0.2) is 0 Å². The molecule has 0 saturated heterocycles. The Kier molecular flexibility index (Phi) is 4.40. The molecule has 0 aliphatic carbocycles. The summed E-state index contributed by atoms with van der Waals surface area (Å²) in [4.78, 5) is 0. The first kappa shape index (κ1) is 12.7. The molecule has 1 nitrogen and oxygen atoms in total. The van der Waals surface area contributed by atoms with Gasteiger partial charge in [-0.2, -0.15) is 0 Å². The summed E-state index contributed by atoms with van der Waals surface area (Å²) in [6.45, 7) is 4.30. The van der Waals surface area contributed by atoms with Crippen LogP contribution in [-0.2, 0) is 0 Å². The number of hydrogen-bond acceptors (Lipinski definition) is 1. The highest BCUT2D eigenvalue weighted by atomic mass is 16.5. The van der Waals surface area contributed by atoms with Gasteiger partial charge in [0.1, 0.15) is 5.75 Å². The first-order valence-corrected chi connectivity index (χ1v) is 6.61. The Morgan fingerprint density at radius 3 is 2.11 bits per heavy atom. The quantitative estimate of drug-likeness (QED) is 0.720. The molecular formula is C17H20O. The first-order valence-electron chi connectivity index (χ1n) is 6.61. The summed E-state index contributed by atoms with van der Waals surface area (Å²) >= 11 is 0. The summed E-state index contributed by atoms with van der Waals surface area (Å²) < 4.78 is 5.85. The molecule has 18 heavy (non-hydrogen) atoms. The second-order valence-electron chi connectivity index (χ2n) is 4.61. The van der Waals surface area contributed by atoms with E-state index in [2.05, 4.69) is 62.4 Å². The van der Waals surface area contributed by atoms with Crippen molar-refractivity contribution in [1.82, 2.24) is 0 Å². The van der Waals surface area contributed by atoms with Crippen molar-refractivity contribution in [1.29, 1.82) is 0 Å². The third-order valence-electron chi connectivity index (χ3n) is 2.99. The lowest BCUT2D eigenvalue weighted by atomic mass is 10.1. The van der Waals surface area contributed by atoms with Crippen molar-refractivity contribution >= 4 is 0 Å². The fourth-order valence-corrected chi connectivity index (χ4v) is 2.05. The Labute approximate surface area is 109 Å². The van der Waals surface area contributed by atoms with Crippen molar-refractivity contribution < 1.29 is 4.74 Å². The Hall–Kier alpha value is -1.76. The van der Waals surface area contributed by atoms with E-state index in [0.717, 1.165) is 18.6 Å². The monoisotopic (exact) mass is 240 g/mol. The van der Waals surface area contributed by atoms with Gasteiger partial charge in [-0.1, -0.05) is 55.8 Å². The van der Waals surface area contributed by atoms with Crippen molar-refractivity contribution in [2.24, 2.45) is 0 Å². The fraction of sp³-hybridized carbons (Fsp3) is 0.294. The molecule has 0 amide bonds. The van der Waals surface area contributed by atoms with Crippen LogP contribution in [0.5, 0.6) is 5.75 Å². The molecule has 0 radical (unpaired) electrons. The van der Waals surface area contributed by atoms with Crippen molar-refractivity contribution in [3.05, 3.63) is 54.6 Å². The number of ether oxygens (including phenoxy) is 1. The van der Waals surface area contributed by atoms with Crippen LogP contribution in [0.1, 0.15) is 26.7 Å². The Balaban J connectivity index is 2.06. The molecule has 0 aromatic heterocycles. The minimum Gasteiger partial charge on any atom is -0.491 e. The van der Waals surface area contributed by atoms with E-state index < -0.39 is 0 Å². The highest BCUT2D eigenvalue weighted by Gasteiger charge is 2.03. The molecule has 0 fully saturated rings. The summed E-state index contributed by atoms with van der Waals surface area (Å²) in [7, 11) is 0. The molecule has 1 heteroatoms. The summed E-state index contributed by atoms with van der Waals surface area (Å²) in [5, 5.41) is 0. The molecule has 0 aliphatic rings. The van der Waals surface area contributed by atoms with Crippen LogP contribution in [0.15, 0.2) is 54.6 Å². The van der Waals surface area contributed by atoms with E-state index in [9.17, 15) is 0 Å². The van der Waals surface area contributed by atoms with E-state index in [1.54, 1.807) is 0 Å². The molecule has 2 aromatic rings. The van der Waals surface area contributed by atoms with E-state index in [1.165, 1.54) is 11.1 Å². The van der Waals surface area contributed by atoms with Crippen LogP contribution in [0.25, 0.3) is 11.1 Å². The molecule has 0 bridgehead atoms. The average molecular weight is 240 g/mol. The first-order chi connectivity index (χ1) is 8.79. The predicted octanol–water partition coefficient (Wildman–Crippen LogP) is 4.92. The summed E-state index contributed by atoms with van der Waals surface area (Å²) in [6.07, 6.45) is 2.54. The minimum atomic E-state index is 0.289. The van der Waals surface area contributed by atoms with Gasteiger partial charge in [-0.15, -0.1) is 0 Å². The van der Waals surface area contributed by atoms with Crippen LogP contribution in [0.4, 0.5) is 0 Å². The van der Waals surface area contributed by atoms with E-state index in [-0.39, 0.29) is 6.10 Å². The molecule has 0 spiro atoms. The van der Waals surface area contributed by atoms with Crippen LogP contribution in [0.2, 0.25) is 0 Å². The third kappa shape index (κ3) is 3.36. The van der Waals surface area contributed by atoms with E-state index in [4.69, 9.17) is 4.74 Å². The maximum Gasteiger partial charge on any atom is 0.119 e. The van der Waals surface area contributed by atoms with Gasteiger partial charge in [0, 0.05) is 0 Å². The molecule has 0 heterocycles. The van der Waals surface area contributed by atoms with Crippen molar-refractivity contribution in [3.63, 3.8) is 0 Å². The molecular weight excluding hydrogens is 220 g/mol. The highest BCUT2D eigenvalue weighted by Crippen LogP contribution is 2.22. The van der Waals surface area contributed by atoms with Gasteiger partial charge < -0.3 is 4.74 Å². The summed E-state index contributed by atoms with van der Waals surface area (Å²) in [5.41, 5.74) is 2.47. The SMILES string of the molecule is CCC[C@H](C)Oc1ccc(-c2ccccc2)cc1. The van der Waals surface area contributed by atoms with Gasteiger partial charge in [-0.05, 0) is 36.6 Å². The van der Waals surface area contributed by atoms with Gasteiger partial charge in [0.2, 0.25) is 0 Å². The molecule has 0 saturated carbocycles. The topological polar surface area (TPSA) is 9.23 Å². The lowest BCUT2D eigenvalue weighted by molar-refractivity contribution is 0.210. The second-order valence-corrected chi connectivity index (χ2v) is 4.61. The minimum absolute atomic E-state index is 0.289. The zero-order chi connectivity index (χ0) is 12.8. The van der Waals surface area contributed by atoms with Gasteiger partial charge in [-0.25, -0.2) is 0 Å². The van der Waals surface area contributed by atoms with Crippen molar-refractivity contribution in [2.75, 3.05) is 0 Å². The largest absolute Gasteiger partial charge is 0.491 e. The second kappa shape index (κ2) is 6.25. The van der Waals surface area contributed by atoms with Crippen LogP contribution in [0.3, 0.4) is 0 Å². The van der Waals surface area contributed by atoms with Crippen LogP contribution in [0, 0.1) is 0 Å². The highest BCUT2D eigenvalue weighted by molar-refractivity contribution is 5.63. The maximum absolute atomic E-state index is 5.85. The van der Waals surface area contributed by atoms with Gasteiger partial charge in [-0.3, -0.25) is 0 Å². The van der Waals surface area contributed by atoms with E-state index in [0.29, 0.717) is 0 Å². The molecule has 0 aliphatic heterocycles. The Morgan fingerprint density at radius 2 is 1.50 bits per heavy atom. The average Bonchev–Trinajstić information content (AvgIpc) is 2.41. The molecule has 94 valence electrons. The van der Waals surface area contributed by atoms with E-state index in [1.807, 2.05) is 6.07 Å². The summed E-state index contributed by atoms with van der Waals surface area (Å²) in [6, 6.07) is 18.7. The zero-order valence-corrected chi connectivity index (χ0v) is 11.1. The zero-order valence-electron chi connectivity index (χ0n) is 11.1. The molecule has 1 atom stereocenters. The molecule has 0 N–H and O–H groups in total. The lowest BCUT2D eigenvalue weighted by Gasteiger charge is -2.14. The number of hydrogen-bond donors (Lipinski definition) is 0.